The van der Waals surface area contributed by atoms with Crippen LogP contribution in [-0.4, -0.2) is 58.9 Å². The number of allylic oxidation sites excluding steroid dienone is 2. The first kappa shape index (κ1) is 42.5. The molecular weight excluding hydrogens is 626 g/mol. The summed E-state index contributed by atoms with van der Waals surface area (Å²) in [5, 5.41) is 3.90. The van der Waals surface area contributed by atoms with Gasteiger partial charge in [-0.25, -0.2) is 9.78 Å². The lowest BCUT2D eigenvalue weighted by Crippen LogP contribution is -2.41. The van der Waals surface area contributed by atoms with Crippen molar-refractivity contribution in [2.75, 3.05) is 20.2 Å². The largest absolute Gasteiger partial charge is 0.447 e. The predicted molar refractivity (Wildman–Crippen MR) is 199 cm³/mol. The van der Waals surface area contributed by atoms with Gasteiger partial charge in [0.25, 0.3) is 0 Å². The van der Waals surface area contributed by atoms with Crippen molar-refractivity contribution in [3.63, 3.8) is 0 Å². The number of fused-ring (bicyclic) bond motifs is 1. The Kier molecular flexibility index (Phi) is 19.6. The fraction of sp³-hybridized carbons (Fsp3) is 0.553. The normalized spacial score (nSPS) is 17.0. The smallest absolute Gasteiger partial charge is 0.410 e. The molecule has 1 aromatic heterocycles. The minimum absolute atomic E-state index is 0.138. The van der Waals surface area contributed by atoms with Crippen LogP contribution in [0, 0.1) is 5.92 Å². The highest BCUT2D eigenvalue weighted by molar-refractivity contribution is 6.30. The number of hydrogen-bond acceptors (Lipinski definition) is 6. The number of carbonyl (C=O) groups excluding carboxylic acids is 2. The van der Waals surface area contributed by atoms with Gasteiger partial charge in [-0.3, -0.25) is 4.79 Å². The number of likely N-dealkylation sites (tertiary alicyclic amines) is 1. The third-order valence-electron chi connectivity index (χ3n) is 8.15. The molecule has 1 saturated heterocycles. The monoisotopic (exact) mass is 685 g/mol. The number of methoxy groups -OCH3 is 1. The van der Waals surface area contributed by atoms with Crippen molar-refractivity contribution in [3.05, 3.63) is 83.6 Å². The molecule has 9 nitrogen and oxygen atoms in total. The Balaban J connectivity index is 0.00000153. The molecule has 2 aromatic rings. The molecule has 3 unspecified atom stereocenters. The van der Waals surface area contributed by atoms with Crippen LogP contribution in [-0.2, 0) is 21.3 Å². The van der Waals surface area contributed by atoms with Gasteiger partial charge in [-0.1, -0.05) is 83.5 Å². The van der Waals surface area contributed by atoms with Crippen LogP contribution in [0.3, 0.4) is 0 Å². The van der Waals surface area contributed by atoms with Crippen LogP contribution in [0.25, 0.3) is 5.57 Å². The van der Waals surface area contributed by atoms with Gasteiger partial charge in [0, 0.05) is 32.3 Å². The number of piperidine rings is 1. The lowest BCUT2D eigenvalue weighted by Gasteiger charge is -2.36. The Morgan fingerprint density at radius 1 is 1.19 bits per heavy atom. The fourth-order valence-corrected chi connectivity index (χ4v) is 6.25. The Labute approximate surface area is 294 Å². The molecule has 0 radical (unpaired) electrons. The number of hydrogen-bond donors (Lipinski definition) is 2. The van der Waals surface area contributed by atoms with Gasteiger partial charge in [0.2, 0.25) is 5.91 Å². The highest BCUT2D eigenvalue weighted by Gasteiger charge is 2.36. The highest BCUT2D eigenvalue weighted by atomic mass is 35.5. The van der Waals surface area contributed by atoms with E-state index in [4.69, 9.17) is 21.1 Å². The molecule has 0 saturated carbocycles. The van der Waals surface area contributed by atoms with Crippen molar-refractivity contribution in [1.82, 2.24) is 19.8 Å². The van der Waals surface area contributed by atoms with Crippen molar-refractivity contribution in [1.29, 1.82) is 0 Å². The van der Waals surface area contributed by atoms with E-state index in [1.807, 2.05) is 77.1 Å². The van der Waals surface area contributed by atoms with Crippen LogP contribution in [0.5, 0.6) is 0 Å². The van der Waals surface area contributed by atoms with Crippen LogP contribution in [0.2, 0.25) is 5.02 Å². The minimum Gasteiger partial charge on any atom is -0.447 e. The number of benzene rings is 1. The fourth-order valence-electron chi connectivity index (χ4n) is 6.08. The zero-order chi connectivity index (χ0) is 36.4. The quantitative estimate of drug-likeness (QED) is 0.274. The summed E-state index contributed by atoms with van der Waals surface area (Å²) in [5.74, 6) is 0.383. The topological polar surface area (TPSA) is 112 Å². The summed E-state index contributed by atoms with van der Waals surface area (Å²) in [6.45, 7) is 22.7. The van der Waals surface area contributed by atoms with Crippen molar-refractivity contribution < 1.29 is 19.1 Å². The van der Waals surface area contributed by atoms with E-state index in [9.17, 15) is 9.59 Å². The van der Waals surface area contributed by atoms with Crippen molar-refractivity contribution in [2.24, 2.45) is 18.7 Å². The number of halogens is 1. The Morgan fingerprint density at radius 2 is 1.81 bits per heavy atom. The third-order valence-corrected chi connectivity index (χ3v) is 8.38. The summed E-state index contributed by atoms with van der Waals surface area (Å²) in [5.41, 5.74) is 9.55. The molecule has 1 aliphatic carbocycles. The molecule has 1 fully saturated rings. The van der Waals surface area contributed by atoms with Crippen LogP contribution in [0.15, 0.2) is 61.7 Å². The predicted octanol–water partition coefficient (Wildman–Crippen LogP) is 8.57. The van der Waals surface area contributed by atoms with E-state index in [1.54, 1.807) is 19.6 Å². The van der Waals surface area contributed by atoms with Gasteiger partial charge in [-0.05, 0) is 86.4 Å². The number of nitrogens with two attached hydrogens (primary N) is 1. The summed E-state index contributed by atoms with van der Waals surface area (Å²) in [6.07, 6.45) is 9.92. The number of nitrogens with zero attached hydrogens (tertiary/aromatic N) is 3. The van der Waals surface area contributed by atoms with Crippen LogP contribution >= 0.6 is 11.6 Å². The second kappa shape index (κ2) is 22.1. The van der Waals surface area contributed by atoms with Crippen molar-refractivity contribution in [3.8, 4) is 0 Å². The Bertz CT molecular complexity index is 1330. The summed E-state index contributed by atoms with van der Waals surface area (Å²) in [6, 6.07) is 5.57. The van der Waals surface area contributed by atoms with Gasteiger partial charge >= 0.3 is 6.09 Å². The van der Waals surface area contributed by atoms with Crippen LogP contribution in [0.1, 0.15) is 109 Å². The zero-order valence-electron chi connectivity index (χ0n) is 30.7. The molecule has 2 heterocycles. The molecule has 4 rings (SSSR count). The number of carbonyl (C=O) groups is 2. The van der Waals surface area contributed by atoms with E-state index < -0.39 is 12.1 Å². The minimum atomic E-state index is -0.551. The molecule has 0 spiro atoms. The molecule has 0 bridgehead atoms. The Morgan fingerprint density at radius 3 is 2.33 bits per heavy atom. The summed E-state index contributed by atoms with van der Waals surface area (Å²) in [7, 11) is 3.49. The maximum absolute atomic E-state index is 13.5. The van der Waals surface area contributed by atoms with Crippen LogP contribution < -0.4 is 11.1 Å². The first-order chi connectivity index (χ1) is 23.0. The molecule has 1 aliphatic heterocycles. The van der Waals surface area contributed by atoms with Gasteiger partial charge in [-0.2, -0.15) is 0 Å². The van der Waals surface area contributed by atoms with Gasteiger partial charge in [0.1, 0.15) is 6.10 Å². The Hall–Kier alpha value is -3.56. The molecule has 3 atom stereocenters. The maximum Gasteiger partial charge on any atom is 0.410 e. The number of nitrogens with one attached hydrogen (secondary N) is 1. The second-order valence-corrected chi connectivity index (χ2v) is 12.1. The molecule has 48 heavy (non-hydrogen) atoms. The van der Waals surface area contributed by atoms with E-state index in [2.05, 4.69) is 41.3 Å². The number of aromatic nitrogens is 2. The van der Waals surface area contributed by atoms with E-state index >= 15 is 0 Å². The average molecular weight is 686 g/mol. The number of amides is 2. The van der Waals surface area contributed by atoms with E-state index in [-0.39, 0.29) is 24.0 Å². The number of ether oxygens (including phenoxy) is 2. The van der Waals surface area contributed by atoms with Crippen molar-refractivity contribution >= 4 is 29.2 Å². The summed E-state index contributed by atoms with van der Waals surface area (Å²) >= 11 is 6.61. The molecule has 268 valence electrons. The zero-order valence-corrected chi connectivity index (χ0v) is 31.5. The highest BCUT2D eigenvalue weighted by Crippen LogP contribution is 2.46. The average Bonchev–Trinajstić information content (AvgIpc) is 3.45. The van der Waals surface area contributed by atoms with E-state index in [0.29, 0.717) is 30.5 Å². The third kappa shape index (κ3) is 11.8. The van der Waals surface area contributed by atoms with E-state index in [1.165, 1.54) is 11.8 Å². The maximum atomic E-state index is 13.5. The molecule has 2 aliphatic rings. The van der Waals surface area contributed by atoms with Gasteiger partial charge in [0.15, 0.2) is 0 Å². The lowest BCUT2D eigenvalue weighted by molar-refractivity contribution is -0.131. The lowest BCUT2D eigenvalue weighted by atomic mass is 9.76. The molecule has 2 amide bonds. The van der Waals surface area contributed by atoms with Crippen molar-refractivity contribution in [2.45, 2.75) is 105 Å². The molecule has 1 aromatic carbocycles. The van der Waals surface area contributed by atoms with Gasteiger partial charge in [-0.15, -0.1) is 0 Å². The van der Waals surface area contributed by atoms with Crippen LogP contribution in [0.4, 0.5) is 4.79 Å². The van der Waals surface area contributed by atoms with Gasteiger partial charge in [0.05, 0.1) is 30.4 Å². The summed E-state index contributed by atoms with van der Waals surface area (Å²) in [4.78, 5) is 32.1. The van der Waals surface area contributed by atoms with Gasteiger partial charge < -0.3 is 30.0 Å². The first-order valence-corrected chi connectivity index (χ1v) is 17.7. The molecular formula is C38H60ClN5O4. The second-order valence-electron chi connectivity index (χ2n) is 11.7. The number of aryl methyl sites for hydroxylation is 1. The number of imidazole rings is 1. The standard InChI is InChI=1S/C32H43ClN4O4.C2H5N.2C2H6/c1-7-8-29(40-6)31(38)35-30(28-18-34-19-36(28)5)27-16-21(4)15-25(24-10-9-23(33)17-26(24)27)22-11-13-37(14-12-22)32(39)41-20(2)3;1-2-3;2*1-2/h9-10,16-20,22,25,29-30H,4,7-8,11-15H2,1-3,5-6H3,(H,35,38);2H,1,3H2;2*1-2H3. The first-order valence-electron chi connectivity index (χ1n) is 17.3. The molecule has 3 N–H and O–H groups in total. The molecule has 10 heteroatoms. The number of rotatable bonds is 9. The summed E-state index contributed by atoms with van der Waals surface area (Å²) < 4.78 is 12.9. The SMILES string of the molecule is C=C1C=C(C(NC(=O)C(CCC)OC)c2cncn2C)c2cc(Cl)ccc2C(C2CCN(C(=O)OC(C)C)CC2)C1.C=CN.CC.CC. The van der Waals surface area contributed by atoms with E-state index in [0.717, 1.165) is 48.1 Å².